The van der Waals surface area contributed by atoms with Gasteiger partial charge in [0.25, 0.3) is 0 Å². The smallest absolute Gasteiger partial charge is 0.162 e. The van der Waals surface area contributed by atoms with E-state index in [2.05, 4.69) is 46.2 Å². The molecule has 0 radical (unpaired) electrons. The average Bonchev–Trinajstić information content (AvgIpc) is 2.62. The summed E-state index contributed by atoms with van der Waals surface area (Å²) in [6, 6.07) is 12.3. The lowest BCUT2D eigenvalue weighted by atomic mass is 10.2. The van der Waals surface area contributed by atoms with Gasteiger partial charge in [-0.25, -0.2) is 9.97 Å². The molecule has 0 saturated carbocycles. The summed E-state index contributed by atoms with van der Waals surface area (Å²) in [5.41, 5.74) is 1.08. The van der Waals surface area contributed by atoms with Crippen LogP contribution in [-0.4, -0.2) is 53.8 Å². The van der Waals surface area contributed by atoms with E-state index in [9.17, 15) is 0 Å². The second-order valence-electron chi connectivity index (χ2n) is 5.38. The molecule has 3 rings (SSSR count). The number of nitrogens with zero attached hydrogens (tertiary/aromatic N) is 4. The van der Waals surface area contributed by atoms with E-state index in [0.717, 1.165) is 55.0 Å². The maximum atomic E-state index is 4.81. The van der Waals surface area contributed by atoms with Gasteiger partial charge in [0.05, 0.1) is 0 Å². The van der Waals surface area contributed by atoms with Crippen LogP contribution < -0.4 is 4.90 Å². The Bertz CT molecular complexity index is 609. The molecular weight excluding hydrogens is 292 g/mol. The van der Waals surface area contributed by atoms with E-state index < -0.39 is 0 Å². The number of aromatic nitrogens is 2. The minimum atomic E-state index is 0.820. The summed E-state index contributed by atoms with van der Waals surface area (Å²) in [4.78, 5) is 14.3. The second-order valence-corrected chi connectivity index (χ2v) is 6.21. The summed E-state index contributed by atoms with van der Waals surface area (Å²) >= 11 is 1.67. The fourth-order valence-electron chi connectivity index (χ4n) is 2.69. The summed E-state index contributed by atoms with van der Waals surface area (Å²) in [6.45, 7) is 7.63. The summed E-state index contributed by atoms with van der Waals surface area (Å²) in [6.07, 6.45) is 2.07. The van der Waals surface area contributed by atoms with E-state index in [1.165, 1.54) is 0 Å². The fourth-order valence-corrected chi connectivity index (χ4v) is 3.09. The topological polar surface area (TPSA) is 32.3 Å². The molecule has 4 nitrogen and oxygen atoms in total. The first-order valence-electron chi connectivity index (χ1n) is 7.76. The Balaban J connectivity index is 1.88. The third kappa shape index (κ3) is 3.42. The number of piperazine rings is 1. The predicted octanol–water partition coefficient (Wildman–Crippen LogP) is 3.01. The van der Waals surface area contributed by atoms with Gasteiger partial charge in [-0.2, -0.15) is 0 Å². The van der Waals surface area contributed by atoms with E-state index >= 15 is 0 Å². The van der Waals surface area contributed by atoms with Crippen LogP contribution in [0.2, 0.25) is 0 Å². The fraction of sp³-hybridized carbons (Fsp3) is 0.412. The summed E-state index contributed by atoms with van der Waals surface area (Å²) in [7, 11) is 0. The van der Waals surface area contributed by atoms with Gasteiger partial charge >= 0.3 is 0 Å². The lowest BCUT2D eigenvalue weighted by Crippen LogP contribution is -2.46. The van der Waals surface area contributed by atoms with Crippen LogP contribution in [0.15, 0.2) is 41.4 Å². The Morgan fingerprint density at radius 1 is 1.05 bits per heavy atom. The van der Waals surface area contributed by atoms with Crippen LogP contribution in [0.1, 0.15) is 6.92 Å². The second kappa shape index (κ2) is 7.11. The van der Waals surface area contributed by atoms with Gasteiger partial charge in [0.1, 0.15) is 10.8 Å². The number of anilines is 1. The Hall–Kier alpha value is -1.59. The molecule has 1 aromatic carbocycles. The highest BCUT2D eigenvalue weighted by Gasteiger charge is 2.18. The molecule has 1 aliphatic rings. The lowest BCUT2D eigenvalue weighted by molar-refractivity contribution is 0.270. The zero-order chi connectivity index (χ0) is 15.4. The maximum absolute atomic E-state index is 4.81. The van der Waals surface area contributed by atoms with E-state index in [1.54, 1.807) is 11.8 Å². The molecule has 5 heteroatoms. The molecule has 1 saturated heterocycles. The molecule has 0 unspecified atom stereocenters. The van der Waals surface area contributed by atoms with Crippen molar-refractivity contribution < 1.29 is 0 Å². The van der Waals surface area contributed by atoms with Crippen molar-refractivity contribution in [1.29, 1.82) is 0 Å². The summed E-state index contributed by atoms with van der Waals surface area (Å²) in [5.74, 6) is 1.87. The minimum absolute atomic E-state index is 0.820. The van der Waals surface area contributed by atoms with E-state index in [1.807, 2.05) is 18.2 Å². The molecule has 2 heterocycles. The Morgan fingerprint density at radius 3 is 2.41 bits per heavy atom. The Labute approximate surface area is 136 Å². The molecule has 0 atom stereocenters. The lowest BCUT2D eigenvalue weighted by Gasteiger charge is -2.34. The van der Waals surface area contributed by atoms with Crippen LogP contribution in [0.4, 0.5) is 5.82 Å². The molecule has 0 spiro atoms. The molecular formula is C17H22N4S. The van der Waals surface area contributed by atoms with Crippen molar-refractivity contribution in [1.82, 2.24) is 14.9 Å². The number of benzene rings is 1. The van der Waals surface area contributed by atoms with Gasteiger partial charge in [0, 0.05) is 37.8 Å². The zero-order valence-corrected chi connectivity index (χ0v) is 14.0. The van der Waals surface area contributed by atoms with Gasteiger partial charge < -0.3 is 9.80 Å². The van der Waals surface area contributed by atoms with Crippen LogP contribution in [0.3, 0.4) is 0 Å². The first-order chi connectivity index (χ1) is 10.8. The minimum Gasteiger partial charge on any atom is -0.354 e. The summed E-state index contributed by atoms with van der Waals surface area (Å²) < 4.78 is 0. The highest BCUT2D eigenvalue weighted by molar-refractivity contribution is 7.98. The number of rotatable bonds is 4. The van der Waals surface area contributed by atoms with E-state index in [0.29, 0.717) is 0 Å². The predicted molar refractivity (Wildman–Crippen MR) is 93.6 cm³/mol. The van der Waals surface area contributed by atoms with Gasteiger partial charge in [-0.3, -0.25) is 0 Å². The van der Waals surface area contributed by atoms with Gasteiger partial charge in [-0.15, -0.1) is 11.8 Å². The summed E-state index contributed by atoms with van der Waals surface area (Å²) in [5, 5.41) is 1.03. The van der Waals surface area contributed by atoms with Gasteiger partial charge in [-0.1, -0.05) is 37.3 Å². The monoisotopic (exact) mass is 314 g/mol. The number of thioether (sulfide) groups is 1. The highest BCUT2D eigenvalue weighted by Crippen LogP contribution is 2.24. The molecule has 1 fully saturated rings. The van der Waals surface area contributed by atoms with Crippen molar-refractivity contribution in [3.05, 3.63) is 36.4 Å². The van der Waals surface area contributed by atoms with Gasteiger partial charge in [-0.05, 0) is 12.8 Å². The molecule has 0 bridgehead atoms. The van der Waals surface area contributed by atoms with Crippen LogP contribution in [0.25, 0.3) is 11.4 Å². The van der Waals surface area contributed by atoms with Crippen LogP contribution in [-0.2, 0) is 0 Å². The van der Waals surface area contributed by atoms with Crippen molar-refractivity contribution in [2.75, 3.05) is 43.9 Å². The molecule has 22 heavy (non-hydrogen) atoms. The quantitative estimate of drug-likeness (QED) is 0.640. The number of hydrogen-bond acceptors (Lipinski definition) is 5. The van der Waals surface area contributed by atoms with E-state index in [-0.39, 0.29) is 0 Å². The molecule has 2 aromatic rings. The largest absolute Gasteiger partial charge is 0.354 e. The standard InChI is InChI=1S/C17H22N4S/c1-3-20-9-11-21(12-10-20)15-13-16(22-2)19-17(18-15)14-7-5-4-6-8-14/h4-8,13H,3,9-12H2,1-2H3. The molecule has 0 amide bonds. The first kappa shape index (κ1) is 15.3. The van der Waals surface area contributed by atoms with Gasteiger partial charge in [0.2, 0.25) is 0 Å². The van der Waals surface area contributed by atoms with Crippen molar-refractivity contribution in [2.45, 2.75) is 11.9 Å². The highest BCUT2D eigenvalue weighted by atomic mass is 32.2. The van der Waals surface area contributed by atoms with Crippen LogP contribution >= 0.6 is 11.8 Å². The van der Waals surface area contributed by atoms with Crippen molar-refractivity contribution >= 4 is 17.6 Å². The Kier molecular flexibility index (Phi) is 4.95. The first-order valence-corrected chi connectivity index (χ1v) is 8.98. The average molecular weight is 314 g/mol. The van der Waals surface area contributed by atoms with E-state index in [4.69, 9.17) is 4.98 Å². The normalized spacial score (nSPS) is 16.0. The van der Waals surface area contributed by atoms with Crippen molar-refractivity contribution in [3.63, 3.8) is 0 Å². The Morgan fingerprint density at radius 2 is 1.77 bits per heavy atom. The molecule has 116 valence electrons. The number of likely N-dealkylation sites (N-methyl/N-ethyl adjacent to an activating group) is 1. The third-order valence-electron chi connectivity index (χ3n) is 4.07. The SMILES string of the molecule is CCN1CCN(c2cc(SC)nc(-c3ccccc3)n2)CC1. The maximum Gasteiger partial charge on any atom is 0.162 e. The van der Waals surface area contributed by atoms with Crippen LogP contribution in [0.5, 0.6) is 0 Å². The van der Waals surface area contributed by atoms with Crippen molar-refractivity contribution in [3.8, 4) is 11.4 Å². The zero-order valence-electron chi connectivity index (χ0n) is 13.2. The van der Waals surface area contributed by atoms with Crippen LogP contribution in [0, 0.1) is 0 Å². The van der Waals surface area contributed by atoms with Crippen molar-refractivity contribution in [2.24, 2.45) is 0 Å². The van der Waals surface area contributed by atoms with Gasteiger partial charge in [0.15, 0.2) is 5.82 Å². The molecule has 0 aliphatic carbocycles. The number of hydrogen-bond donors (Lipinski definition) is 0. The molecule has 1 aromatic heterocycles. The third-order valence-corrected chi connectivity index (χ3v) is 4.70. The molecule has 1 aliphatic heterocycles. The molecule has 0 N–H and O–H groups in total.